The highest BCUT2D eigenvalue weighted by Gasteiger charge is 2.42. The maximum absolute atomic E-state index is 6.98. The minimum Gasteiger partial charge on any atom is -0.454 e. The van der Waals surface area contributed by atoms with Gasteiger partial charge in [0.1, 0.15) is 17.0 Å². The van der Waals surface area contributed by atoms with Crippen LogP contribution in [0.2, 0.25) is 0 Å². The minimum atomic E-state index is -3.03. The number of benzene rings is 7. The van der Waals surface area contributed by atoms with E-state index in [4.69, 9.17) is 14.7 Å². The van der Waals surface area contributed by atoms with Crippen LogP contribution in [-0.2, 0) is 5.41 Å². The van der Waals surface area contributed by atoms with Gasteiger partial charge in [-0.15, -0.1) is 0 Å². The van der Waals surface area contributed by atoms with Crippen molar-refractivity contribution in [2.24, 2.45) is 0 Å². The Kier molecular flexibility index (Phi) is 7.23. The molecule has 0 bridgehead atoms. The predicted molar refractivity (Wildman–Crippen MR) is 245 cm³/mol. The second kappa shape index (κ2) is 12.6. The number of pyridine rings is 2. The highest BCUT2D eigenvalue weighted by molar-refractivity contribution is 7.20. The molecule has 0 amide bonds. The average molecular weight is 775 g/mol. The number of imidazole rings is 1. The van der Waals surface area contributed by atoms with E-state index in [0.717, 1.165) is 61.2 Å². The first-order chi connectivity index (χ1) is 29.0. The molecule has 6 heteroatoms. The topological polar surface area (TPSA) is 44.4 Å². The fourth-order valence-corrected chi connectivity index (χ4v) is 14.9. The largest absolute Gasteiger partial charge is 0.454 e. The van der Waals surface area contributed by atoms with E-state index in [1.807, 2.05) is 18.5 Å². The Morgan fingerprint density at radius 1 is 0.492 bits per heavy atom. The zero-order valence-electron chi connectivity index (χ0n) is 32.7. The molecule has 0 unspecified atom stereocenters. The highest BCUT2D eigenvalue weighted by atomic mass is 28.3. The molecular formula is C53H38N4OSi. The smallest absolute Gasteiger partial charge is 0.179 e. The Labute approximate surface area is 342 Å². The maximum Gasteiger partial charge on any atom is 0.179 e. The summed E-state index contributed by atoms with van der Waals surface area (Å²) in [5, 5.41) is 10.9. The molecule has 0 N–H and O–H groups in total. The van der Waals surface area contributed by atoms with Gasteiger partial charge < -0.3 is 4.74 Å². The molecule has 0 fully saturated rings. The lowest BCUT2D eigenvalue weighted by molar-refractivity contribution is 0.421. The molecule has 5 nitrogen and oxygen atoms in total. The van der Waals surface area contributed by atoms with Gasteiger partial charge in [0.15, 0.2) is 13.8 Å². The zero-order valence-corrected chi connectivity index (χ0v) is 33.7. The molecule has 280 valence electrons. The molecule has 7 aromatic carbocycles. The summed E-state index contributed by atoms with van der Waals surface area (Å²) in [7, 11) is -3.03. The lowest BCUT2D eigenvalue weighted by atomic mass is 9.75. The van der Waals surface area contributed by atoms with E-state index in [0.29, 0.717) is 0 Å². The first kappa shape index (κ1) is 33.8. The van der Waals surface area contributed by atoms with Crippen LogP contribution in [0.1, 0.15) is 25.0 Å². The molecule has 0 atom stereocenters. The normalized spacial score (nSPS) is 13.5. The Morgan fingerprint density at radius 3 is 2.00 bits per heavy atom. The molecule has 0 radical (unpaired) electrons. The van der Waals surface area contributed by atoms with Crippen molar-refractivity contribution in [2.75, 3.05) is 0 Å². The summed E-state index contributed by atoms with van der Waals surface area (Å²) in [5.41, 5.74) is 7.17. The van der Waals surface area contributed by atoms with Crippen LogP contribution in [0.4, 0.5) is 0 Å². The molecule has 12 rings (SSSR count). The third kappa shape index (κ3) is 4.72. The van der Waals surface area contributed by atoms with Gasteiger partial charge in [-0.3, -0.25) is 8.97 Å². The van der Waals surface area contributed by atoms with Crippen molar-refractivity contribution < 1.29 is 4.74 Å². The second-order valence-corrected chi connectivity index (χ2v) is 20.0. The molecule has 11 aromatic rings. The van der Waals surface area contributed by atoms with E-state index < -0.39 is 8.07 Å². The lowest BCUT2D eigenvalue weighted by Gasteiger charge is -2.35. The molecule has 59 heavy (non-hydrogen) atoms. The van der Waals surface area contributed by atoms with Gasteiger partial charge in [0.05, 0.1) is 11.0 Å². The second-order valence-electron chi connectivity index (χ2n) is 16.2. The minimum absolute atomic E-state index is 0.265. The predicted octanol–water partition coefficient (Wildman–Crippen LogP) is 9.94. The summed E-state index contributed by atoms with van der Waals surface area (Å²) in [6.45, 7) is 4.60. The maximum atomic E-state index is 6.98. The quantitative estimate of drug-likeness (QED) is 0.0994. The molecule has 0 aliphatic carbocycles. The fourth-order valence-electron chi connectivity index (χ4n) is 10.1. The number of ether oxygens (including phenoxy) is 1. The molecule has 1 aliphatic rings. The monoisotopic (exact) mass is 774 g/mol. The first-order valence-electron chi connectivity index (χ1n) is 20.2. The Balaban J connectivity index is 1.18. The van der Waals surface area contributed by atoms with Crippen LogP contribution in [0.5, 0.6) is 11.5 Å². The van der Waals surface area contributed by atoms with Crippen LogP contribution in [0.3, 0.4) is 0 Å². The van der Waals surface area contributed by atoms with E-state index in [-0.39, 0.29) is 5.41 Å². The number of hydrogen-bond acceptors (Lipinski definition) is 3. The van der Waals surface area contributed by atoms with Crippen LogP contribution >= 0.6 is 0 Å². The highest BCUT2D eigenvalue weighted by Crippen LogP contribution is 2.51. The summed E-state index contributed by atoms with van der Waals surface area (Å²) < 4.78 is 11.5. The van der Waals surface area contributed by atoms with Gasteiger partial charge >= 0.3 is 0 Å². The summed E-state index contributed by atoms with van der Waals surface area (Å²) in [5.74, 6) is 1.78. The van der Waals surface area contributed by atoms with E-state index in [1.165, 1.54) is 37.1 Å². The van der Waals surface area contributed by atoms with Crippen LogP contribution in [0, 0.1) is 0 Å². The third-order valence-electron chi connectivity index (χ3n) is 12.8. The van der Waals surface area contributed by atoms with Crippen molar-refractivity contribution >= 4 is 78.1 Å². The average Bonchev–Trinajstić information content (AvgIpc) is 3.92. The molecule has 0 saturated heterocycles. The Morgan fingerprint density at radius 2 is 1.17 bits per heavy atom. The van der Waals surface area contributed by atoms with Gasteiger partial charge in [0.2, 0.25) is 0 Å². The number of para-hydroxylation sites is 2. The van der Waals surface area contributed by atoms with Crippen molar-refractivity contribution in [3.05, 3.63) is 206 Å². The van der Waals surface area contributed by atoms with Crippen molar-refractivity contribution in [3.63, 3.8) is 0 Å². The fraction of sp³-hybridized carbons (Fsp3) is 0.0566. The van der Waals surface area contributed by atoms with Crippen LogP contribution in [0.15, 0.2) is 195 Å². The molecular weight excluding hydrogens is 737 g/mol. The first-order valence-corrected chi connectivity index (χ1v) is 22.2. The van der Waals surface area contributed by atoms with E-state index in [2.05, 4.69) is 199 Å². The molecule has 5 heterocycles. The number of aromatic nitrogens is 4. The van der Waals surface area contributed by atoms with Crippen LogP contribution in [0.25, 0.3) is 54.9 Å². The van der Waals surface area contributed by atoms with E-state index in [1.54, 1.807) is 0 Å². The zero-order chi connectivity index (χ0) is 39.3. The van der Waals surface area contributed by atoms with Gasteiger partial charge in [-0.1, -0.05) is 153 Å². The van der Waals surface area contributed by atoms with Crippen molar-refractivity contribution in [3.8, 4) is 17.2 Å². The SMILES string of the molecule is CC1(C)c2ccccc2Oc2c1ccc1c3cccnc3n(-c3cccc([Si](c4ccccc4)(c4ccccc4)c4ccc5c6ccccc6n6ccnc6c5c4)c3)c21. The molecule has 0 spiro atoms. The van der Waals surface area contributed by atoms with Crippen LogP contribution in [-0.4, -0.2) is 27.0 Å². The van der Waals surface area contributed by atoms with Crippen molar-refractivity contribution in [1.82, 2.24) is 18.9 Å². The van der Waals surface area contributed by atoms with Gasteiger partial charge in [-0.25, -0.2) is 9.97 Å². The number of nitrogens with zero attached hydrogens (tertiary/aromatic N) is 4. The summed E-state index contributed by atoms with van der Waals surface area (Å²) >= 11 is 0. The lowest BCUT2D eigenvalue weighted by Crippen LogP contribution is -2.74. The van der Waals surface area contributed by atoms with Gasteiger partial charge in [0.25, 0.3) is 0 Å². The summed E-state index contributed by atoms with van der Waals surface area (Å²) in [6, 6.07) is 64.5. The van der Waals surface area contributed by atoms with Crippen molar-refractivity contribution in [1.29, 1.82) is 0 Å². The van der Waals surface area contributed by atoms with E-state index >= 15 is 0 Å². The number of hydrogen-bond donors (Lipinski definition) is 0. The van der Waals surface area contributed by atoms with Gasteiger partial charge in [-0.2, -0.15) is 0 Å². The molecule has 4 aromatic heterocycles. The Hall–Kier alpha value is -7.28. The third-order valence-corrected chi connectivity index (χ3v) is 17.6. The van der Waals surface area contributed by atoms with Gasteiger partial charge in [-0.05, 0) is 62.5 Å². The Bertz CT molecular complexity index is 3420. The van der Waals surface area contributed by atoms with Crippen molar-refractivity contribution in [2.45, 2.75) is 19.3 Å². The number of fused-ring (bicyclic) bond motifs is 12. The van der Waals surface area contributed by atoms with E-state index in [9.17, 15) is 0 Å². The summed E-state index contributed by atoms with van der Waals surface area (Å²) in [6.07, 6.45) is 5.89. The molecule has 1 aliphatic heterocycles. The molecule has 0 saturated carbocycles. The standard InChI is InChI=1S/C53H38N4OSi/c1-53(2)45-23-10-12-25-48(45)58-50-46(53)29-28-42-43-22-14-30-54-52(43)57(49(42)50)35-15-13-20-38(33-35)59(36-16-5-3-6-17-36,37-18-7-4-8-19-37)39-26-27-40-41-21-9-11-24-47(41)56-32-31-55-51(56)44(40)34-39/h3-34H,1-2H3. The number of rotatable bonds is 5. The van der Waals surface area contributed by atoms with Crippen LogP contribution < -0.4 is 25.5 Å². The van der Waals surface area contributed by atoms with Gasteiger partial charge in [0, 0.05) is 62.4 Å². The summed E-state index contributed by atoms with van der Waals surface area (Å²) in [4.78, 5) is 10.0.